The van der Waals surface area contributed by atoms with Gasteiger partial charge >= 0.3 is 0 Å². The van der Waals surface area contributed by atoms with Crippen molar-refractivity contribution in [3.8, 4) is 10.4 Å². The second kappa shape index (κ2) is 9.38. The van der Waals surface area contributed by atoms with E-state index in [1.807, 2.05) is 45.0 Å². The maximum atomic E-state index is 13.7. The smallest absolute Gasteiger partial charge is 0.280 e. The number of aliphatic hydroxyl groups is 1. The minimum absolute atomic E-state index is 0.0931. The number of hydrogen-bond donors (Lipinski definition) is 3. The van der Waals surface area contributed by atoms with Crippen molar-refractivity contribution in [2.45, 2.75) is 57.7 Å². The predicted octanol–water partition coefficient (Wildman–Crippen LogP) is 2.54. The molecule has 1 aromatic carbocycles. The number of rotatable bonds is 6. The van der Waals surface area contributed by atoms with E-state index in [0.717, 1.165) is 21.7 Å². The standard InChI is InChI=1S/C26H29N5O5S/c1-13(2)21(19-10-20(33)30-36-19)24(34)31-11-17(32)9-18(31)23-28-25(35)26(4,29-23)16-7-5-15(6-8-16)22-14(3)27-12-37-22/h5-8,10,12-13,17-18,21,32H,9,11H2,1-4H3,(H,30,33)(H,28,29,35)/t17-,18-,21-,26+/m1/s1. The minimum Gasteiger partial charge on any atom is -0.391 e. The van der Waals surface area contributed by atoms with Crippen molar-refractivity contribution < 1.29 is 19.2 Å². The Hall–Kier alpha value is -3.57. The third-order valence-electron chi connectivity index (χ3n) is 7.14. The van der Waals surface area contributed by atoms with Crippen molar-refractivity contribution in [2.75, 3.05) is 6.54 Å². The maximum absolute atomic E-state index is 13.7. The summed E-state index contributed by atoms with van der Waals surface area (Å²) in [4.78, 5) is 50.2. The molecular weight excluding hydrogens is 494 g/mol. The van der Waals surface area contributed by atoms with Crippen LogP contribution < -0.4 is 10.9 Å². The molecule has 5 rings (SSSR count). The number of likely N-dealkylation sites (tertiary alicyclic amines) is 1. The zero-order valence-corrected chi connectivity index (χ0v) is 21.8. The topological polar surface area (TPSA) is 141 Å². The molecule has 0 unspecified atom stereocenters. The van der Waals surface area contributed by atoms with Gasteiger partial charge in [0.1, 0.15) is 11.8 Å². The molecule has 1 fully saturated rings. The van der Waals surface area contributed by atoms with Crippen LogP contribution in [0.3, 0.4) is 0 Å². The summed E-state index contributed by atoms with van der Waals surface area (Å²) in [7, 11) is 0. The molecule has 0 aliphatic carbocycles. The molecule has 10 nitrogen and oxygen atoms in total. The summed E-state index contributed by atoms with van der Waals surface area (Å²) >= 11 is 1.56. The second-order valence-corrected chi connectivity index (χ2v) is 11.0. The van der Waals surface area contributed by atoms with Crippen LogP contribution in [-0.4, -0.2) is 56.5 Å². The molecular formula is C26H29N5O5S. The van der Waals surface area contributed by atoms with Gasteiger partial charge in [-0.3, -0.25) is 14.4 Å². The number of β-amino-alcohol motifs (C(OH)–C–C–N with tert-alkyl or cyclic N) is 1. The summed E-state index contributed by atoms with van der Waals surface area (Å²) in [6, 6.07) is 8.34. The van der Waals surface area contributed by atoms with Crippen molar-refractivity contribution in [2.24, 2.45) is 10.9 Å². The van der Waals surface area contributed by atoms with Crippen molar-refractivity contribution >= 4 is 29.0 Å². The fourth-order valence-electron chi connectivity index (χ4n) is 5.12. The average molecular weight is 524 g/mol. The molecule has 1 saturated heterocycles. The number of benzene rings is 1. The average Bonchev–Trinajstić information content (AvgIpc) is 3.62. The first-order valence-corrected chi connectivity index (χ1v) is 13.1. The summed E-state index contributed by atoms with van der Waals surface area (Å²) in [5, 5.41) is 15.6. The van der Waals surface area contributed by atoms with E-state index in [1.165, 1.54) is 11.0 Å². The normalized spacial score (nSPS) is 24.4. The Bertz CT molecular complexity index is 1420. The number of aliphatic imine (C=N–C) groups is 1. The Kier molecular flexibility index (Phi) is 6.36. The second-order valence-electron chi connectivity index (χ2n) is 10.1. The summed E-state index contributed by atoms with van der Waals surface area (Å²) < 4.78 is 5.26. The first-order valence-electron chi connectivity index (χ1n) is 12.2. The van der Waals surface area contributed by atoms with Gasteiger partial charge in [0.05, 0.1) is 28.2 Å². The molecule has 194 valence electrons. The molecule has 3 aromatic rings. The van der Waals surface area contributed by atoms with Crippen LogP contribution in [0.5, 0.6) is 0 Å². The van der Waals surface area contributed by atoms with Gasteiger partial charge in [0.2, 0.25) is 5.91 Å². The van der Waals surface area contributed by atoms with E-state index in [4.69, 9.17) is 9.52 Å². The quantitative estimate of drug-likeness (QED) is 0.454. The molecule has 2 aliphatic rings. The van der Waals surface area contributed by atoms with Crippen molar-refractivity contribution in [1.82, 2.24) is 20.4 Å². The molecule has 2 amide bonds. The van der Waals surface area contributed by atoms with E-state index in [0.29, 0.717) is 5.84 Å². The van der Waals surface area contributed by atoms with E-state index in [1.54, 1.807) is 23.8 Å². The number of aryl methyl sites for hydroxylation is 1. The van der Waals surface area contributed by atoms with E-state index < -0.39 is 29.2 Å². The third kappa shape index (κ3) is 4.42. The molecule has 0 radical (unpaired) electrons. The van der Waals surface area contributed by atoms with Gasteiger partial charge in [-0.2, -0.15) is 5.16 Å². The number of H-pyrrole nitrogens is 1. The van der Waals surface area contributed by atoms with Crippen molar-refractivity contribution in [3.05, 3.63) is 63.2 Å². The first-order chi connectivity index (χ1) is 17.6. The summed E-state index contributed by atoms with van der Waals surface area (Å²) in [5.74, 6) is -0.903. The molecule has 4 heterocycles. The lowest BCUT2D eigenvalue weighted by Gasteiger charge is -2.29. The van der Waals surface area contributed by atoms with Crippen LogP contribution in [-0.2, 0) is 15.1 Å². The van der Waals surface area contributed by atoms with Crippen LogP contribution in [0.2, 0.25) is 0 Å². The Morgan fingerprint density at radius 2 is 2.00 bits per heavy atom. The van der Waals surface area contributed by atoms with Gasteiger partial charge < -0.3 is 19.8 Å². The predicted molar refractivity (Wildman–Crippen MR) is 138 cm³/mol. The Labute approximate surface area is 217 Å². The van der Waals surface area contributed by atoms with Gasteiger partial charge in [-0.1, -0.05) is 38.1 Å². The number of thiazole rings is 1. The monoisotopic (exact) mass is 523 g/mol. The van der Waals surface area contributed by atoms with Gasteiger partial charge in [-0.05, 0) is 30.9 Å². The molecule has 11 heteroatoms. The summed E-state index contributed by atoms with van der Waals surface area (Å²) in [6.07, 6.45) is -0.528. The third-order valence-corrected chi connectivity index (χ3v) is 8.12. The number of aromatic amines is 1. The summed E-state index contributed by atoms with van der Waals surface area (Å²) in [5.41, 5.74) is 2.89. The molecule has 2 aliphatic heterocycles. The van der Waals surface area contributed by atoms with Crippen LogP contribution in [0, 0.1) is 12.8 Å². The molecule has 3 N–H and O–H groups in total. The minimum atomic E-state index is -1.18. The zero-order valence-electron chi connectivity index (χ0n) is 21.0. The Balaban J connectivity index is 1.44. The van der Waals surface area contributed by atoms with Crippen LogP contribution in [0.4, 0.5) is 0 Å². The first kappa shape index (κ1) is 25.1. The lowest BCUT2D eigenvalue weighted by atomic mass is 9.91. The lowest BCUT2D eigenvalue weighted by Crippen LogP contribution is -2.48. The maximum Gasteiger partial charge on any atom is 0.280 e. The van der Waals surface area contributed by atoms with E-state index in [2.05, 4.69) is 15.5 Å². The van der Waals surface area contributed by atoms with Gasteiger partial charge in [-0.15, -0.1) is 11.3 Å². The molecule has 4 atom stereocenters. The Morgan fingerprint density at radius 1 is 1.27 bits per heavy atom. The van der Waals surface area contributed by atoms with E-state index >= 15 is 0 Å². The number of hydrogen-bond acceptors (Lipinski definition) is 8. The number of aliphatic hydroxyl groups excluding tert-OH is 1. The van der Waals surface area contributed by atoms with Crippen LogP contribution in [0.25, 0.3) is 10.4 Å². The number of carbonyl (C=O) groups excluding carboxylic acids is 2. The number of nitrogens with zero attached hydrogens (tertiary/aromatic N) is 3. The lowest BCUT2D eigenvalue weighted by molar-refractivity contribution is -0.134. The van der Waals surface area contributed by atoms with E-state index in [9.17, 15) is 19.5 Å². The van der Waals surface area contributed by atoms with Gasteiger partial charge in [0.25, 0.3) is 11.5 Å². The molecule has 0 spiro atoms. The van der Waals surface area contributed by atoms with Crippen LogP contribution in [0.1, 0.15) is 50.1 Å². The molecule has 0 saturated carbocycles. The highest BCUT2D eigenvalue weighted by atomic mass is 32.1. The van der Waals surface area contributed by atoms with Gasteiger partial charge in [0.15, 0.2) is 11.3 Å². The SMILES string of the molecule is Cc1ncsc1-c1ccc([C@]2(C)N=C([C@H]3C[C@@H](O)CN3C(=O)[C@@H](c3cc(=O)[nH]o3)C(C)C)NC2=O)cc1. The highest BCUT2D eigenvalue weighted by molar-refractivity contribution is 7.13. The number of nitrogens with one attached hydrogen (secondary N) is 2. The van der Waals surface area contributed by atoms with Gasteiger partial charge in [0, 0.05) is 19.0 Å². The Morgan fingerprint density at radius 3 is 2.59 bits per heavy atom. The highest BCUT2D eigenvalue weighted by Gasteiger charge is 2.48. The number of carbonyl (C=O) groups is 2. The van der Waals surface area contributed by atoms with Crippen LogP contribution in [0.15, 0.2) is 50.2 Å². The molecule has 0 bridgehead atoms. The van der Waals surface area contributed by atoms with Gasteiger partial charge in [-0.25, -0.2) is 9.98 Å². The van der Waals surface area contributed by atoms with E-state index in [-0.39, 0.29) is 36.5 Å². The number of amides is 2. The largest absolute Gasteiger partial charge is 0.391 e. The fourth-order valence-corrected chi connectivity index (χ4v) is 5.93. The fraction of sp³-hybridized carbons (Fsp3) is 0.423. The van der Waals surface area contributed by atoms with Crippen molar-refractivity contribution in [3.63, 3.8) is 0 Å². The summed E-state index contributed by atoms with van der Waals surface area (Å²) in [6.45, 7) is 7.51. The van der Waals surface area contributed by atoms with Crippen molar-refractivity contribution in [1.29, 1.82) is 0 Å². The zero-order chi connectivity index (χ0) is 26.5. The molecule has 37 heavy (non-hydrogen) atoms. The van der Waals surface area contributed by atoms with Crippen LogP contribution >= 0.6 is 11.3 Å². The number of aromatic nitrogens is 2. The molecule has 2 aromatic heterocycles. The highest BCUT2D eigenvalue weighted by Crippen LogP contribution is 2.36. The number of amidine groups is 1.